The highest BCUT2D eigenvalue weighted by atomic mass is 32.1. The fourth-order valence-electron chi connectivity index (χ4n) is 2.47. The Bertz CT molecular complexity index is 630. The molecule has 3 N–H and O–H groups in total. The molecule has 0 aliphatic carbocycles. The van der Waals surface area contributed by atoms with Crippen LogP contribution in [0.15, 0.2) is 41.8 Å². The van der Waals surface area contributed by atoms with Gasteiger partial charge in [0.25, 0.3) is 0 Å². The molecule has 130 valence electrons. The second-order valence-electron chi connectivity index (χ2n) is 5.67. The quantitative estimate of drug-likeness (QED) is 0.687. The molecular formula is C18H24N2O3S. The van der Waals surface area contributed by atoms with Crippen LogP contribution in [-0.2, 0) is 11.2 Å². The number of benzene rings is 1. The molecule has 5 nitrogen and oxygen atoms in total. The Labute approximate surface area is 146 Å². The summed E-state index contributed by atoms with van der Waals surface area (Å²) < 4.78 is 4.85. The Hall–Kier alpha value is -1.89. The first kappa shape index (κ1) is 18.4. The highest BCUT2D eigenvalue weighted by molar-refractivity contribution is 7.10. The number of amides is 2. The smallest absolute Gasteiger partial charge is 0.315 e. The Morgan fingerprint density at radius 2 is 2.04 bits per heavy atom. The molecule has 0 radical (unpaired) electrons. The van der Waals surface area contributed by atoms with Gasteiger partial charge in [0.2, 0.25) is 0 Å². The molecule has 0 spiro atoms. The molecule has 0 fully saturated rings. The van der Waals surface area contributed by atoms with Crippen LogP contribution in [0.2, 0.25) is 0 Å². The third-order valence-electron chi connectivity index (χ3n) is 3.66. The zero-order valence-corrected chi connectivity index (χ0v) is 14.8. The lowest BCUT2D eigenvalue weighted by Gasteiger charge is -2.20. The van der Waals surface area contributed by atoms with Crippen LogP contribution >= 0.6 is 11.3 Å². The average Bonchev–Trinajstić information content (AvgIpc) is 3.00. The number of rotatable bonds is 8. The number of aryl methyl sites for hydroxylation is 1. The number of aliphatic hydroxyl groups is 1. The summed E-state index contributed by atoms with van der Waals surface area (Å²) in [5.41, 5.74) is 2.33. The first-order valence-electron chi connectivity index (χ1n) is 7.89. The predicted molar refractivity (Wildman–Crippen MR) is 96.4 cm³/mol. The van der Waals surface area contributed by atoms with Crippen LogP contribution in [0.5, 0.6) is 0 Å². The van der Waals surface area contributed by atoms with Gasteiger partial charge in [0.1, 0.15) is 0 Å². The first-order chi connectivity index (χ1) is 11.6. The van der Waals surface area contributed by atoms with E-state index in [1.807, 2.05) is 30.5 Å². The van der Waals surface area contributed by atoms with Gasteiger partial charge in [-0.3, -0.25) is 0 Å². The minimum absolute atomic E-state index is 0.105. The number of urea groups is 1. The van der Waals surface area contributed by atoms with E-state index < -0.39 is 6.10 Å². The van der Waals surface area contributed by atoms with Gasteiger partial charge in [-0.1, -0.05) is 30.3 Å². The number of methoxy groups -OCH3 is 1. The molecule has 1 aromatic carbocycles. The number of carbonyl (C=O) groups is 1. The minimum Gasteiger partial charge on any atom is -0.389 e. The first-order valence-corrected chi connectivity index (χ1v) is 8.77. The highest BCUT2D eigenvalue weighted by Gasteiger charge is 2.18. The van der Waals surface area contributed by atoms with E-state index in [-0.39, 0.29) is 25.2 Å². The molecule has 2 rings (SSSR count). The SMILES string of the molecule is COCC(O)CNC(=O)NC(Cc1ccccc1)c1sccc1C. The molecule has 1 aromatic heterocycles. The van der Waals surface area contributed by atoms with Gasteiger partial charge in [0.15, 0.2) is 0 Å². The van der Waals surface area contributed by atoms with E-state index in [4.69, 9.17) is 4.74 Å². The molecule has 2 aromatic rings. The number of carbonyl (C=O) groups excluding carboxylic acids is 1. The highest BCUT2D eigenvalue weighted by Crippen LogP contribution is 2.26. The fraction of sp³-hybridized carbons (Fsp3) is 0.389. The maximum absolute atomic E-state index is 12.2. The molecule has 2 unspecified atom stereocenters. The minimum atomic E-state index is -0.711. The van der Waals surface area contributed by atoms with E-state index in [2.05, 4.69) is 28.8 Å². The monoisotopic (exact) mass is 348 g/mol. The van der Waals surface area contributed by atoms with Crippen LogP contribution in [0.1, 0.15) is 22.0 Å². The molecule has 0 saturated carbocycles. The van der Waals surface area contributed by atoms with Crippen LogP contribution < -0.4 is 10.6 Å². The van der Waals surface area contributed by atoms with Crippen LogP contribution in [0.3, 0.4) is 0 Å². The summed E-state index contributed by atoms with van der Waals surface area (Å²) in [6.45, 7) is 2.39. The Balaban J connectivity index is 2.01. The maximum Gasteiger partial charge on any atom is 0.315 e. The second kappa shape index (κ2) is 9.42. The Morgan fingerprint density at radius 1 is 1.29 bits per heavy atom. The molecule has 0 aliphatic rings. The molecule has 0 aliphatic heterocycles. The lowest BCUT2D eigenvalue weighted by Crippen LogP contribution is -2.42. The van der Waals surface area contributed by atoms with Crippen molar-refractivity contribution in [1.82, 2.24) is 10.6 Å². The number of thiophene rings is 1. The lowest BCUT2D eigenvalue weighted by atomic mass is 10.0. The lowest BCUT2D eigenvalue weighted by molar-refractivity contribution is 0.0659. The summed E-state index contributed by atoms with van der Waals surface area (Å²) in [4.78, 5) is 13.3. The predicted octanol–water partition coefficient (Wildman–Crippen LogP) is 2.65. The van der Waals surface area contributed by atoms with E-state index in [0.717, 1.165) is 16.9 Å². The molecule has 2 amide bonds. The molecule has 1 heterocycles. The normalized spacial score (nSPS) is 13.3. The average molecular weight is 348 g/mol. The van der Waals surface area contributed by atoms with E-state index in [1.54, 1.807) is 11.3 Å². The van der Waals surface area contributed by atoms with Crippen molar-refractivity contribution in [2.75, 3.05) is 20.3 Å². The zero-order valence-electron chi connectivity index (χ0n) is 14.0. The number of ether oxygens (including phenoxy) is 1. The summed E-state index contributed by atoms with van der Waals surface area (Å²) >= 11 is 1.64. The molecule has 0 saturated heterocycles. The van der Waals surface area contributed by atoms with Crippen molar-refractivity contribution in [2.24, 2.45) is 0 Å². The van der Waals surface area contributed by atoms with Crippen LogP contribution in [0, 0.1) is 6.92 Å². The summed E-state index contributed by atoms with van der Waals surface area (Å²) in [7, 11) is 1.51. The fourth-order valence-corrected chi connectivity index (χ4v) is 3.45. The van der Waals surface area contributed by atoms with Gasteiger partial charge in [-0.2, -0.15) is 0 Å². The van der Waals surface area contributed by atoms with Crippen molar-refractivity contribution >= 4 is 17.4 Å². The summed E-state index contributed by atoms with van der Waals surface area (Å²) in [5.74, 6) is 0. The largest absolute Gasteiger partial charge is 0.389 e. The summed E-state index contributed by atoms with van der Waals surface area (Å²) in [6.07, 6.45) is 0.00719. The van der Waals surface area contributed by atoms with E-state index in [0.29, 0.717) is 0 Å². The van der Waals surface area contributed by atoms with Crippen molar-refractivity contribution in [3.05, 3.63) is 57.8 Å². The Morgan fingerprint density at radius 3 is 2.67 bits per heavy atom. The number of aliphatic hydroxyl groups excluding tert-OH is 1. The molecule has 2 atom stereocenters. The van der Waals surface area contributed by atoms with Crippen molar-refractivity contribution in [2.45, 2.75) is 25.5 Å². The molecular weight excluding hydrogens is 324 g/mol. The summed E-state index contributed by atoms with van der Waals surface area (Å²) in [5, 5.41) is 17.4. The Kier molecular flexibility index (Phi) is 7.24. The second-order valence-corrected chi connectivity index (χ2v) is 6.62. The van der Waals surface area contributed by atoms with Gasteiger partial charge in [-0.25, -0.2) is 4.79 Å². The third-order valence-corrected chi connectivity index (χ3v) is 4.80. The summed E-state index contributed by atoms with van der Waals surface area (Å²) in [6, 6.07) is 11.7. The van der Waals surface area contributed by atoms with Crippen molar-refractivity contribution in [3.8, 4) is 0 Å². The standard InChI is InChI=1S/C18H24N2O3S/c1-13-8-9-24-17(13)16(10-14-6-4-3-5-7-14)20-18(22)19-11-15(21)12-23-2/h3-9,15-16,21H,10-12H2,1-2H3,(H2,19,20,22). The van der Waals surface area contributed by atoms with Crippen LogP contribution in [0.4, 0.5) is 4.79 Å². The van der Waals surface area contributed by atoms with Crippen LogP contribution in [-0.4, -0.2) is 37.5 Å². The number of hydrogen-bond donors (Lipinski definition) is 3. The van der Waals surface area contributed by atoms with Crippen molar-refractivity contribution in [3.63, 3.8) is 0 Å². The molecule has 0 bridgehead atoms. The van der Waals surface area contributed by atoms with Gasteiger partial charge in [-0.05, 0) is 35.9 Å². The van der Waals surface area contributed by atoms with Crippen molar-refractivity contribution in [1.29, 1.82) is 0 Å². The maximum atomic E-state index is 12.2. The van der Waals surface area contributed by atoms with Gasteiger partial charge < -0.3 is 20.5 Å². The van der Waals surface area contributed by atoms with E-state index in [1.165, 1.54) is 12.7 Å². The van der Waals surface area contributed by atoms with Gasteiger partial charge >= 0.3 is 6.03 Å². The van der Waals surface area contributed by atoms with Gasteiger partial charge in [0.05, 0.1) is 18.8 Å². The van der Waals surface area contributed by atoms with Gasteiger partial charge in [-0.15, -0.1) is 11.3 Å². The van der Waals surface area contributed by atoms with E-state index >= 15 is 0 Å². The van der Waals surface area contributed by atoms with E-state index in [9.17, 15) is 9.90 Å². The van der Waals surface area contributed by atoms with Crippen LogP contribution in [0.25, 0.3) is 0 Å². The zero-order chi connectivity index (χ0) is 17.4. The topological polar surface area (TPSA) is 70.6 Å². The number of hydrogen-bond acceptors (Lipinski definition) is 4. The van der Waals surface area contributed by atoms with Crippen molar-refractivity contribution < 1.29 is 14.6 Å². The molecule has 24 heavy (non-hydrogen) atoms. The molecule has 6 heteroatoms. The number of nitrogens with one attached hydrogen (secondary N) is 2. The third kappa shape index (κ3) is 5.63. The van der Waals surface area contributed by atoms with Gasteiger partial charge in [0, 0.05) is 18.5 Å².